The highest BCUT2D eigenvalue weighted by Crippen LogP contribution is 2.63. The minimum Gasteiger partial charge on any atom is -0.396 e. The number of aliphatic hydroxyl groups is 1. The number of hydrogen-bond acceptors (Lipinski definition) is 5. The SMILES string of the molecule is CCCNC(=O)[C@@H]1[C@H]2C(=O)N(CCCO)C(C(=O)NC(C)(C)CC(C)(C)C)C23CC[C@@]1(C)O3. The monoisotopic (exact) mass is 465 g/mol. The zero-order valence-electron chi connectivity index (χ0n) is 21.4. The molecule has 188 valence electrons. The molecule has 2 bridgehead atoms. The second-order valence-corrected chi connectivity index (χ2v) is 12.2. The number of likely N-dealkylation sites (tertiary alicyclic amines) is 1. The van der Waals surface area contributed by atoms with E-state index in [1.807, 2.05) is 27.7 Å². The third-order valence-electron chi connectivity index (χ3n) is 7.35. The van der Waals surface area contributed by atoms with Crippen molar-refractivity contribution in [1.29, 1.82) is 0 Å². The highest BCUT2D eigenvalue weighted by atomic mass is 16.5. The van der Waals surface area contributed by atoms with Gasteiger partial charge in [0.2, 0.25) is 17.7 Å². The highest BCUT2D eigenvalue weighted by molar-refractivity contribution is 5.99. The molecule has 33 heavy (non-hydrogen) atoms. The Labute approximate surface area is 198 Å². The first kappa shape index (κ1) is 25.9. The van der Waals surface area contributed by atoms with Gasteiger partial charge >= 0.3 is 0 Å². The van der Waals surface area contributed by atoms with Crippen LogP contribution in [0.4, 0.5) is 0 Å². The van der Waals surface area contributed by atoms with Crippen molar-refractivity contribution in [2.24, 2.45) is 17.3 Å². The van der Waals surface area contributed by atoms with Gasteiger partial charge in [-0.15, -0.1) is 0 Å². The summed E-state index contributed by atoms with van der Waals surface area (Å²) in [6.07, 6.45) is 3.12. The average Bonchev–Trinajstić information content (AvgIpc) is 3.23. The fourth-order valence-corrected chi connectivity index (χ4v) is 6.74. The van der Waals surface area contributed by atoms with Crippen LogP contribution in [-0.4, -0.2) is 70.2 Å². The summed E-state index contributed by atoms with van der Waals surface area (Å²) in [5.74, 6) is -1.93. The van der Waals surface area contributed by atoms with Gasteiger partial charge in [0.25, 0.3) is 0 Å². The Morgan fingerprint density at radius 3 is 2.42 bits per heavy atom. The molecule has 0 radical (unpaired) electrons. The van der Waals surface area contributed by atoms with Crippen LogP contribution >= 0.6 is 0 Å². The molecule has 3 amide bonds. The lowest BCUT2D eigenvalue weighted by Crippen LogP contribution is -2.59. The van der Waals surface area contributed by atoms with E-state index in [2.05, 4.69) is 31.4 Å². The largest absolute Gasteiger partial charge is 0.396 e. The van der Waals surface area contributed by atoms with E-state index in [0.29, 0.717) is 25.8 Å². The van der Waals surface area contributed by atoms with E-state index in [1.54, 1.807) is 4.90 Å². The Bertz CT molecular complexity index is 791. The maximum atomic E-state index is 13.8. The van der Waals surface area contributed by atoms with Crippen LogP contribution in [0.3, 0.4) is 0 Å². The van der Waals surface area contributed by atoms with Gasteiger partial charge in [0.15, 0.2) is 0 Å². The first-order chi connectivity index (χ1) is 15.2. The van der Waals surface area contributed by atoms with Crippen molar-refractivity contribution in [3.63, 3.8) is 0 Å². The molecule has 3 aliphatic heterocycles. The number of amides is 3. The van der Waals surface area contributed by atoms with Gasteiger partial charge in [-0.05, 0) is 58.3 Å². The molecule has 3 rings (SSSR count). The Kier molecular flexibility index (Phi) is 6.95. The number of ether oxygens (including phenoxy) is 1. The standard InChI is InChI=1S/C25H43N3O5/c1-8-12-26-19(30)16-17-21(32)28(13-9-14-29)18(25(17)11-10-24(16,7)33-25)20(31)27-23(5,6)15-22(2,3)4/h16-18,29H,8-15H2,1-7H3,(H,26,30)(H,27,31)/t16-,17-,18?,24+,25?/m0/s1. The lowest BCUT2D eigenvalue weighted by Gasteiger charge is -2.38. The fraction of sp³-hybridized carbons (Fsp3) is 0.880. The molecule has 3 fully saturated rings. The van der Waals surface area contributed by atoms with Crippen molar-refractivity contribution in [1.82, 2.24) is 15.5 Å². The van der Waals surface area contributed by atoms with Gasteiger partial charge in [0.05, 0.1) is 17.4 Å². The number of carbonyl (C=O) groups is 3. The Hall–Kier alpha value is -1.67. The molecule has 0 saturated carbocycles. The Morgan fingerprint density at radius 2 is 1.85 bits per heavy atom. The van der Waals surface area contributed by atoms with E-state index in [-0.39, 0.29) is 36.3 Å². The van der Waals surface area contributed by atoms with Crippen LogP contribution in [0.15, 0.2) is 0 Å². The molecule has 2 unspecified atom stereocenters. The van der Waals surface area contributed by atoms with E-state index in [9.17, 15) is 19.5 Å². The second kappa shape index (κ2) is 8.84. The van der Waals surface area contributed by atoms with Gasteiger partial charge in [-0.25, -0.2) is 0 Å². The summed E-state index contributed by atoms with van der Waals surface area (Å²) >= 11 is 0. The van der Waals surface area contributed by atoms with Crippen molar-refractivity contribution in [2.75, 3.05) is 19.7 Å². The van der Waals surface area contributed by atoms with Crippen LogP contribution in [0, 0.1) is 17.3 Å². The summed E-state index contributed by atoms with van der Waals surface area (Å²) in [7, 11) is 0. The first-order valence-electron chi connectivity index (χ1n) is 12.4. The average molecular weight is 466 g/mol. The molecule has 8 nitrogen and oxygen atoms in total. The van der Waals surface area contributed by atoms with Crippen LogP contribution in [0.1, 0.15) is 80.6 Å². The van der Waals surface area contributed by atoms with E-state index < -0.39 is 34.6 Å². The molecule has 0 aromatic carbocycles. The molecule has 1 spiro atoms. The molecular formula is C25H43N3O5. The van der Waals surface area contributed by atoms with E-state index >= 15 is 0 Å². The fourth-order valence-electron chi connectivity index (χ4n) is 6.74. The van der Waals surface area contributed by atoms with Crippen LogP contribution in [-0.2, 0) is 19.1 Å². The predicted octanol–water partition coefficient (Wildman–Crippen LogP) is 1.99. The summed E-state index contributed by atoms with van der Waals surface area (Å²) in [5, 5.41) is 15.6. The molecule has 3 aliphatic rings. The van der Waals surface area contributed by atoms with Crippen molar-refractivity contribution in [2.45, 2.75) is 103 Å². The normalized spacial score (nSPS) is 33.4. The molecule has 0 aromatic rings. The number of nitrogens with zero attached hydrogens (tertiary/aromatic N) is 1. The quantitative estimate of drug-likeness (QED) is 0.483. The molecule has 0 aromatic heterocycles. The van der Waals surface area contributed by atoms with E-state index in [1.165, 1.54) is 0 Å². The number of fused-ring (bicyclic) bond motifs is 1. The summed E-state index contributed by atoms with van der Waals surface area (Å²) in [4.78, 5) is 42.2. The number of rotatable bonds is 9. The zero-order chi connectivity index (χ0) is 24.8. The summed E-state index contributed by atoms with van der Waals surface area (Å²) < 4.78 is 6.57. The van der Waals surface area contributed by atoms with E-state index in [4.69, 9.17) is 4.74 Å². The number of hydrogen-bond donors (Lipinski definition) is 3. The van der Waals surface area contributed by atoms with Gasteiger partial charge in [-0.3, -0.25) is 14.4 Å². The molecule has 3 saturated heterocycles. The molecule has 8 heteroatoms. The predicted molar refractivity (Wildman–Crippen MR) is 125 cm³/mol. The van der Waals surface area contributed by atoms with Gasteiger partial charge in [0, 0.05) is 25.2 Å². The second-order valence-electron chi connectivity index (χ2n) is 12.2. The lowest BCUT2D eigenvalue weighted by molar-refractivity contribution is -0.147. The van der Waals surface area contributed by atoms with Crippen LogP contribution in [0.2, 0.25) is 0 Å². The number of aliphatic hydroxyl groups excluding tert-OH is 1. The van der Waals surface area contributed by atoms with Crippen LogP contribution < -0.4 is 10.6 Å². The summed E-state index contributed by atoms with van der Waals surface area (Å²) in [6.45, 7) is 15.0. The van der Waals surface area contributed by atoms with Gasteiger partial charge in [0.1, 0.15) is 11.6 Å². The minimum absolute atomic E-state index is 0.0118. The van der Waals surface area contributed by atoms with Gasteiger partial charge < -0.3 is 25.4 Å². The van der Waals surface area contributed by atoms with Crippen LogP contribution in [0.5, 0.6) is 0 Å². The summed E-state index contributed by atoms with van der Waals surface area (Å²) in [5.41, 5.74) is -2.25. The van der Waals surface area contributed by atoms with Crippen molar-refractivity contribution in [3.05, 3.63) is 0 Å². The first-order valence-corrected chi connectivity index (χ1v) is 12.4. The molecule has 3 heterocycles. The zero-order valence-corrected chi connectivity index (χ0v) is 21.4. The smallest absolute Gasteiger partial charge is 0.246 e. The van der Waals surface area contributed by atoms with E-state index in [0.717, 1.165) is 12.8 Å². The number of carbonyl (C=O) groups excluding carboxylic acids is 3. The minimum atomic E-state index is -1.02. The lowest BCUT2D eigenvalue weighted by atomic mass is 9.66. The molecule has 5 atom stereocenters. The van der Waals surface area contributed by atoms with Gasteiger partial charge in [-0.2, -0.15) is 0 Å². The maximum Gasteiger partial charge on any atom is 0.246 e. The number of nitrogens with one attached hydrogen (secondary N) is 2. The molecule has 3 N–H and O–H groups in total. The third kappa shape index (κ3) is 4.65. The van der Waals surface area contributed by atoms with Gasteiger partial charge in [-0.1, -0.05) is 27.7 Å². The third-order valence-corrected chi connectivity index (χ3v) is 7.35. The summed E-state index contributed by atoms with van der Waals surface area (Å²) in [6, 6.07) is -0.813. The topological polar surface area (TPSA) is 108 Å². The van der Waals surface area contributed by atoms with Crippen molar-refractivity contribution < 1.29 is 24.2 Å². The molecule has 0 aliphatic carbocycles. The van der Waals surface area contributed by atoms with Crippen molar-refractivity contribution >= 4 is 17.7 Å². The van der Waals surface area contributed by atoms with Crippen molar-refractivity contribution in [3.8, 4) is 0 Å². The maximum absolute atomic E-state index is 13.8. The Morgan fingerprint density at radius 1 is 1.18 bits per heavy atom. The van der Waals surface area contributed by atoms with Crippen LogP contribution in [0.25, 0.3) is 0 Å². The highest BCUT2D eigenvalue weighted by Gasteiger charge is 2.77. The Balaban J connectivity index is 1.96. The molecular weight excluding hydrogens is 422 g/mol.